The Balaban J connectivity index is 1.27. The lowest BCUT2D eigenvalue weighted by molar-refractivity contribution is 0.0708. The number of rotatable bonds is 4. The van der Waals surface area contributed by atoms with E-state index in [-0.39, 0.29) is 18.1 Å². The van der Waals surface area contributed by atoms with Crippen LogP contribution in [0.15, 0.2) is 67.0 Å². The second-order valence-electron chi connectivity index (χ2n) is 10.2. The first-order valence-electron chi connectivity index (χ1n) is 13.0. The number of benzene rings is 2. The molecule has 37 heavy (non-hydrogen) atoms. The number of hydrogen-bond donors (Lipinski definition) is 2. The Morgan fingerprint density at radius 3 is 2.84 bits per heavy atom. The standard InChI is InChI=1S/C29H30N6O2/c30-22-5-3-11-33(18-22)29(36)21-14-23-27-26(16-21)37-13-12-34(27)28(32-23)25-15-20-4-1-2-6-24(20)35(25)17-19-7-9-31-10-8-19/h1-2,4,6-10,14-16,22,28,32H,3,5,11-13,17-18,30H2/t22?,28-/m1/s1. The lowest BCUT2D eigenvalue weighted by atomic mass is 10.0. The molecule has 8 nitrogen and oxygen atoms in total. The van der Waals surface area contributed by atoms with E-state index in [2.05, 4.69) is 62.2 Å². The fraction of sp³-hybridized carbons (Fsp3) is 0.310. The summed E-state index contributed by atoms with van der Waals surface area (Å²) in [4.78, 5) is 21.8. The topological polar surface area (TPSA) is 88.7 Å². The maximum absolute atomic E-state index is 13.4. The number of likely N-dealkylation sites (tertiary alicyclic amines) is 1. The molecule has 3 aliphatic heterocycles. The van der Waals surface area contributed by atoms with E-state index >= 15 is 0 Å². The third-order valence-corrected chi connectivity index (χ3v) is 7.76. The van der Waals surface area contributed by atoms with E-state index in [1.165, 1.54) is 22.2 Å². The monoisotopic (exact) mass is 494 g/mol. The van der Waals surface area contributed by atoms with Crippen LogP contribution in [0.1, 0.15) is 40.6 Å². The Bertz CT molecular complexity index is 1480. The van der Waals surface area contributed by atoms with Gasteiger partial charge in [0, 0.05) is 54.5 Å². The number of nitrogens with zero attached hydrogens (tertiary/aromatic N) is 4. The molecular weight excluding hydrogens is 464 g/mol. The molecule has 0 aliphatic carbocycles. The van der Waals surface area contributed by atoms with Crippen LogP contribution in [0.25, 0.3) is 10.9 Å². The van der Waals surface area contributed by atoms with Crippen molar-refractivity contribution in [3.63, 3.8) is 0 Å². The van der Waals surface area contributed by atoms with Crippen molar-refractivity contribution in [1.82, 2.24) is 14.5 Å². The van der Waals surface area contributed by atoms with E-state index < -0.39 is 0 Å². The molecule has 1 saturated heterocycles. The average Bonchev–Trinajstić information content (AvgIpc) is 3.48. The summed E-state index contributed by atoms with van der Waals surface area (Å²) in [5.74, 6) is 0.784. The van der Waals surface area contributed by atoms with Gasteiger partial charge in [-0.05, 0) is 54.8 Å². The van der Waals surface area contributed by atoms with Gasteiger partial charge in [0.25, 0.3) is 5.91 Å². The maximum atomic E-state index is 13.4. The van der Waals surface area contributed by atoms with E-state index in [1.807, 2.05) is 29.4 Å². The minimum Gasteiger partial charge on any atom is -0.489 e. The Labute approximate surface area is 215 Å². The summed E-state index contributed by atoms with van der Waals surface area (Å²) in [5.41, 5.74) is 12.3. The number of nitrogens with two attached hydrogens (primary N) is 1. The van der Waals surface area contributed by atoms with Crippen LogP contribution in [0.4, 0.5) is 11.4 Å². The SMILES string of the molecule is NC1CCCN(C(=O)c2cc3c4c(c2)OCCN4[C@H](c2cc4ccccc4n2Cc2ccncc2)N3)C1. The van der Waals surface area contributed by atoms with Crippen LogP contribution in [-0.4, -0.2) is 52.6 Å². The van der Waals surface area contributed by atoms with Crippen molar-refractivity contribution in [3.05, 3.63) is 83.8 Å². The molecule has 188 valence electrons. The fourth-order valence-electron chi connectivity index (χ4n) is 6.01. The van der Waals surface area contributed by atoms with Crippen LogP contribution in [0.2, 0.25) is 0 Å². The predicted molar refractivity (Wildman–Crippen MR) is 144 cm³/mol. The van der Waals surface area contributed by atoms with E-state index in [0.29, 0.717) is 18.7 Å². The Kier molecular flexibility index (Phi) is 5.28. The number of anilines is 2. The van der Waals surface area contributed by atoms with Crippen molar-refractivity contribution in [2.75, 3.05) is 36.5 Å². The first-order valence-corrected chi connectivity index (χ1v) is 13.0. The van der Waals surface area contributed by atoms with Crippen molar-refractivity contribution in [2.24, 2.45) is 5.73 Å². The molecule has 2 atom stereocenters. The minimum absolute atomic E-state index is 0.0203. The zero-order valence-corrected chi connectivity index (χ0v) is 20.6. The van der Waals surface area contributed by atoms with Crippen molar-refractivity contribution in [2.45, 2.75) is 31.6 Å². The Morgan fingerprint density at radius 2 is 1.97 bits per heavy atom. The number of carbonyl (C=O) groups excluding carboxylic acids is 1. The number of amides is 1. The van der Waals surface area contributed by atoms with E-state index in [0.717, 1.165) is 49.6 Å². The van der Waals surface area contributed by atoms with Crippen LogP contribution in [0, 0.1) is 0 Å². The molecule has 2 aromatic heterocycles. The van der Waals surface area contributed by atoms with Gasteiger partial charge in [0.15, 0.2) is 0 Å². The molecule has 0 saturated carbocycles. The number of pyridine rings is 1. The Hall–Kier alpha value is -4.04. The summed E-state index contributed by atoms with van der Waals surface area (Å²) in [6, 6.07) is 18.8. The molecular formula is C29H30N6O2. The molecule has 3 N–H and O–H groups in total. The zero-order valence-electron chi connectivity index (χ0n) is 20.6. The summed E-state index contributed by atoms with van der Waals surface area (Å²) in [6.07, 6.45) is 5.52. The highest BCUT2D eigenvalue weighted by atomic mass is 16.5. The number of para-hydroxylation sites is 1. The number of hydrogen-bond acceptors (Lipinski definition) is 6. The van der Waals surface area contributed by atoms with Crippen LogP contribution in [0.3, 0.4) is 0 Å². The lowest BCUT2D eigenvalue weighted by Gasteiger charge is -2.33. The zero-order chi connectivity index (χ0) is 24.9. The van der Waals surface area contributed by atoms with Crippen molar-refractivity contribution >= 4 is 28.2 Å². The largest absolute Gasteiger partial charge is 0.489 e. The van der Waals surface area contributed by atoms with E-state index in [9.17, 15) is 4.79 Å². The van der Waals surface area contributed by atoms with Gasteiger partial charge in [-0.1, -0.05) is 18.2 Å². The van der Waals surface area contributed by atoms with Gasteiger partial charge in [0.2, 0.25) is 0 Å². The highest BCUT2D eigenvalue weighted by Crippen LogP contribution is 2.50. The molecule has 2 aromatic carbocycles. The third kappa shape index (κ3) is 3.79. The van der Waals surface area contributed by atoms with Gasteiger partial charge < -0.3 is 30.2 Å². The second-order valence-corrected chi connectivity index (χ2v) is 10.2. The number of piperidine rings is 1. The van der Waals surface area contributed by atoms with Gasteiger partial charge in [-0.2, -0.15) is 0 Å². The number of fused-ring (bicyclic) bond motifs is 1. The molecule has 0 spiro atoms. The molecule has 0 bridgehead atoms. The first-order chi connectivity index (χ1) is 18.2. The summed E-state index contributed by atoms with van der Waals surface area (Å²) in [7, 11) is 0. The maximum Gasteiger partial charge on any atom is 0.254 e. The second kappa shape index (κ2) is 8.81. The predicted octanol–water partition coefficient (Wildman–Crippen LogP) is 3.97. The summed E-state index contributed by atoms with van der Waals surface area (Å²) in [5, 5.41) is 4.95. The molecule has 1 amide bonds. The van der Waals surface area contributed by atoms with Crippen molar-refractivity contribution in [3.8, 4) is 5.75 Å². The quantitative estimate of drug-likeness (QED) is 0.446. The van der Waals surface area contributed by atoms with Gasteiger partial charge in [0.1, 0.15) is 24.2 Å². The highest BCUT2D eigenvalue weighted by Gasteiger charge is 2.38. The summed E-state index contributed by atoms with van der Waals surface area (Å²) in [6.45, 7) is 3.43. The van der Waals surface area contributed by atoms with Crippen LogP contribution in [-0.2, 0) is 6.54 Å². The van der Waals surface area contributed by atoms with Gasteiger partial charge in [-0.3, -0.25) is 9.78 Å². The van der Waals surface area contributed by atoms with Gasteiger partial charge in [-0.25, -0.2) is 0 Å². The highest BCUT2D eigenvalue weighted by molar-refractivity contribution is 5.99. The summed E-state index contributed by atoms with van der Waals surface area (Å²) < 4.78 is 8.47. The molecule has 1 unspecified atom stereocenters. The molecule has 1 fully saturated rings. The van der Waals surface area contributed by atoms with Gasteiger partial charge >= 0.3 is 0 Å². The fourth-order valence-corrected chi connectivity index (χ4v) is 6.01. The molecule has 5 heterocycles. The molecule has 7 rings (SSSR count). The number of carbonyl (C=O) groups is 1. The van der Waals surface area contributed by atoms with Crippen molar-refractivity contribution in [1.29, 1.82) is 0 Å². The van der Waals surface area contributed by atoms with Crippen LogP contribution >= 0.6 is 0 Å². The number of aromatic nitrogens is 2. The number of ether oxygens (including phenoxy) is 1. The Morgan fingerprint density at radius 1 is 1.11 bits per heavy atom. The molecule has 8 heteroatoms. The van der Waals surface area contributed by atoms with Crippen LogP contribution in [0.5, 0.6) is 5.75 Å². The smallest absolute Gasteiger partial charge is 0.254 e. The average molecular weight is 495 g/mol. The van der Waals surface area contributed by atoms with E-state index in [4.69, 9.17) is 10.5 Å². The first kappa shape index (κ1) is 22.2. The molecule has 3 aliphatic rings. The summed E-state index contributed by atoms with van der Waals surface area (Å²) >= 11 is 0. The van der Waals surface area contributed by atoms with Gasteiger partial charge in [-0.15, -0.1) is 0 Å². The normalized spacial score (nSPS) is 20.5. The van der Waals surface area contributed by atoms with Gasteiger partial charge in [0.05, 0.1) is 17.9 Å². The third-order valence-electron chi connectivity index (χ3n) is 7.76. The van der Waals surface area contributed by atoms with E-state index in [1.54, 1.807) is 0 Å². The van der Waals surface area contributed by atoms with Crippen molar-refractivity contribution < 1.29 is 9.53 Å². The number of nitrogens with one attached hydrogen (secondary N) is 1. The molecule has 0 radical (unpaired) electrons. The lowest BCUT2D eigenvalue weighted by Crippen LogP contribution is -2.45. The minimum atomic E-state index is -0.0688. The molecule has 4 aromatic rings. The van der Waals surface area contributed by atoms with Crippen LogP contribution < -0.4 is 20.7 Å².